The summed E-state index contributed by atoms with van der Waals surface area (Å²) in [6.07, 6.45) is -8.63. The zero-order chi connectivity index (χ0) is 33.5. The fourth-order valence-electron chi connectivity index (χ4n) is 3.69. The molecule has 2 aromatic carbocycles. The zero-order valence-electron chi connectivity index (χ0n) is 22.5. The Morgan fingerprint density at radius 2 is 1.61 bits per heavy atom. The molecule has 44 heavy (non-hydrogen) atoms. The van der Waals surface area contributed by atoms with Crippen LogP contribution in [0.25, 0.3) is 11.0 Å². The minimum absolute atomic E-state index is 0.000456. The van der Waals surface area contributed by atoms with Crippen molar-refractivity contribution >= 4 is 38.9 Å². The van der Waals surface area contributed by atoms with Crippen LogP contribution in [0.3, 0.4) is 0 Å². The molecular weight excluding hydrogens is 632 g/mol. The summed E-state index contributed by atoms with van der Waals surface area (Å²) in [4.78, 5) is 31.6. The van der Waals surface area contributed by atoms with Crippen LogP contribution in [0, 0.1) is 0 Å². The maximum Gasteiger partial charge on any atom is 0.490 e. The number of furan rings is 1. The smallest absolute Gasteiger partial charge is 0.475 e. The second-order valence-corrected chi connectivity index (χ2v) is 10.6. The van der Waals surface area contributed by atoms with Crippen molar-refractivity contribution in [1.82, 2.24) is 10.2 Å². The van der Waals surface area contributed by atoms with E-state index in [9.17, 15) is 39.6 Å². The van der Waals surface area contributed by atoms with Crippen molar-refractivity contribution in [2.75, 3.05) is 19.6 Å². The molecule has 12 nitrogen and oxygen atoms in total. The summed E-state index contributed by atoms with van der Waals surface area (Å²) in [6.45, 7) is 5.23. The highest BCUT2D eigenvalue weighted by Gasteiger charge is 2.39. The van der Waals surface area contributed by atoms with E-state index in [1.54, 1.807) is 24.3 Å². The number of carboxylic acid groups (broad SMARTS) is 2. The van der Waals surface area contributed by atoms with Gasteiger partial charge < -0.3 is 29.9 Å². The number of amides is 1. The number of halogens is 6. The number of carbonyl (C=O) groups is 3. The van der Waals surface area contributed by atoms with Crippen LogP contribution in [0.15, 0.2) is 58.0 Å². The number of fused-ring (bicyclic) bond motifs is 1. The van der Waals surface area contributed by atoms with Crippen molar-refractivity contribution in [1.29, 1.82) is 0 Å². The average Bonchev–Trinajstić information content (AvgIpc) is 3.38. The fourth-order valence-corrected chi connectivity index (χ4v) is 4.73. The summed E-state index contributed by atoms with van der Waals surface area (Å²) in [5.41, 5.74) is 6.75. The van der Waals surface area contributed by atoms with Crippen molar-refractivity contribution in [2.24, 2.45) is 5.73 Å². The van der Waals surface area contributed by atoms with Gasteiger partial charge in [-0.25, -0.2) is 9.59 Å². The van der Waals surface area contributed by atoms with Crippen LogP contribution in [-0.4, -0.2) is 79.4 Å². The third-order valence-corrected chi connectivity index (χ3v) is 6.79. The van der Waals surface area contributed by atoms with Gasteiger partial charge in [-0.1, -0.05) is 12.1 Å². The monoisotopic (exact) mass is 657 g/mol. The molecule has 4 rings (SSSR count). The summed E-state index contributed by atoms with van der Waals surface area (Å²) in [6, 6.07) is 11.1. The number of para-hydroxylation sites is 1. The van der Waals surface area contributed by atoms with Crippen molar-refractivity contribution < 1.29 is 68.0 Å². The second kappa shape index (κ2) is 14.4. The summed E-state index contributed by atoms with van der Waals surface area (Å²) >= 11 is 0. The highest BCUT2D eigenvalue weighted by Crippen LogP contribution is 2.29. The molecule has 0 unspecified atom stereocenters. The summed E-state index contributed by atoms with van der Waals surface area (Å²) < 4.78 is 100. The highest BCUT2D eigenvalue weighted by molar-refractivity contribution is 7.87. The first-order chi connectivity index (χ1) is 20.2. The third-order valence-electron chi connectivity index (χ3n) is 5.57. The number of primary amides is 1. The molecule has 0 aliphatic carbocycles. The first kappa shape index (κ1) is 35.8. The van der Waals surface area contributed by atoms with Gasteiger partial charge in [-0.2, -0.15) is 34.8 Å². The minimum atomic E-state index is -5.08. The summed E-state index contributed by atoms with van der Waals surface area (Å²) in [7, 11) is -4.19. The van der Waals surface area contributed by atoms with Gasteiger partial charge in [-0.3, -0.25) is 9.69 Å². The van der Waals surface area contributed by atoms with Crippen LogP contribution >= 0.6 is 0 Å². The predicted molar refractivity (Wildman–Crippen MR) is 139 cm³/mol. The van der Waals surface area contributed by atoms with Gasteiger partial charge in [0.05, 0.1) is 11.8 Å². The van der Waals surface area contributed by atoms with Gasteiger partial charge in [-0.05, 0) is 37.3 Å². The first-order valence-electron chi connectivity index (χ1n) is 12.1. The lowest BCUT2D eigenvalue weighted by Crippen LogP contribution is -2.48. The molecule has 1 aliphatic rings. The van der Waals surface area contributed by atoms with Crippen LogP contribution in [-0.2, 0) is 26.3 Å². The molecule has 242 valence electrons. The van der Waals surface area contributed by atoms with E-state index in [1.807, 2.05) is 0 Å². The van der Waals surface area contributed by atoms with E-state index < -0.39 is 40.3 Å². The van der Waals surface area contributed by atoms with Gasteiger partial charge in [0.1, 0.15) is 10.5 Å². The Balaban J connectivity index is 0.000000402. The van der Waals surface area contributed by atoms with Gasteiger partial charge in [0.15, 0.2) is 5.75 Å². The molecule has 5 N–H and O–H groups in total. The number of hydrogen-bond acceptors (Lipinski definition) is 9. The van der Waals surface area contributed by atoms with E-state index in [1.165, 1.54) is 24.5 Å². The quantitative estimate of drug-likeness (QED) is 0.225. The molecule has 2 heterocycles. The van der Waals surface area contributed by atoms with Crippen molar-refractivity contribution in [2.45, 2.75) is 36.8 Å². The number of piperazine rings is 1. The standard InChI is InChI=1S/C21H23N3O5S.2C2HF3O2/c1-14-12-24(8-7-23-14)13-16-11-17(10-15-6-9-28-20(15)16)30(26,27)29-19-5-3-2-4-18(19)21(22)25;2*3-2(4,5)1(6)7/h2-6,9-11,14,23H,7-8,12-13H2,1H3,(H2,22,25);2*(H,6,7)/t14-;;/m0../s1. The summed E-state index contributed by atoms with van der Waals surface area (Å²) in [5.74, 6) is -6.38. The van der Waals surface area contributed by atoms with E-state index in [2.05, 4.69) is 17.1 Å². The molecular formula is C25H25F6N3O9S. The Hall–Kier alpha value is -4.36. The lowest BCUT2D eigenvalue weighted by Gasteiger charge is -2.31. The van der Waals surface area contributed by atoms with E-state index in [0.29, 0.717) is 23.6 Å². The number of carbonyl (C=O) groups excluding carboxylic acids is 1. The predicted octanol–water partition coefficient (Wildman–Crippen LogP) is 3.36. The number of benzene rings is 2. The van der Waals surface area contributed by atoms with Crippen molar-refractivity contribution in [3.63, 3.8) is 0 Å². The van der Waals surface area contributed by atoms with Crippen LogP contribution < -0.4 is 15.2 Å². The lowest BCUT2D eigenvalue weighted by atomic mass is 10.1. The molecule has 0 saturated carbocycles. The van der Waals surface area contributed by atoms with Gasteiger partial charge in [0.2, 0.25) is 0 Å². The first-order valence-corrected chi connectivity index (χ1v) is 13.5. The number of nitrogens with two attached hydrogens (primary N) is 1. The Kier molecular flexibility index (Phi) is 11.7. The number of carboxylic acids is 2. The van der Waals surface area contributed by atoms with E-state index >= 15 is 0 Å². The molecule has 0 spiro atoms. The molecule has 1 atom stereocenters. The molecule has 1 aliphatic heterocycles. The van der Waals surface area contributed by atoms with Crippen LogP contribution in [0.5, 0.6) is 5.75 Å². The van der Waals surface area contributed by atoms with E-state index in [0.717, 1.165) is 25.2 Å². The molecule has 3 aromatic rings. The van der Waals surface area contributed by atoms with Gasteiger partial charge in [0, 0.05) is 43.2 Å². The molecule has 19 heteroatoms. The number of aliphatic carboxylic acids is 2. The van der Waals surface area contributed by atoms with E-state index in [4.69, 9.17) is 34.1 Å². The fraction of sp³-hybridized carbons (Fsp3) is 0.320. The Morgan fingerprint density at radius 1 is 1.05 bits per heavy atom. The third kappa shape index (κ3) is 10.4. The van der Waals surface area contributed by atoms with Crippen LogP contribution in [0.4, 0.5) is 26.3 Å². The van der Waals surface area contributed by atoms with E-state index in [-0.39, 0.29) is 16.2 Å². The van der Waals surface area contributed by atoms with Gasteiger partial charge >= 0.3 is 34.4 Å². The maximum atomic E-state index is 13.0. The average molecular weight is 658 g/mol. The summed E-state index contributed by atoms with van der Waals surface area (Å²) in [5, 5.41) is 18.3. The lowest BCUT2D eigenvalue weighted by molar-refractivity contribution is -0.193. The number of hydrogen-bond donors (Lipinski definition) is 4. The number of alkyl halides is 6. The largest absolute Gasteiger partial charge is 0.490 e. The molecule has 0 radical (unpaired) electrons. The topological polar surface area (TPSA) is 189 Å². The van der Waals surface area contributed by atoms with Gasteiger partial charge in [0.25, 0.3) is 5.91 Å². The van der Waals surface area contributed by atoms with Crippen molar-refractivity contribution in [3.8, 4) is 5.75 Å². The second-order valence-electron chi connectivity index (χ2n) is 9.02. The normalized spacial score (nSPS) is 15.8. The van der Waals surface area contributed by atoms with Crippen LogP contribution in [0.1, 0.15) is 22.8 Å². The molecule has 0 bridgehead atoms. The Labute approximate surface area is 245 Å². The van der Waals surface area contributed by atoms with Crippen molar-refractivity contribution in [3.05, 3.63) is 59.9 Å². The SMILES string of the molecule is C[C@H]1CN(Cc2cc(S(=O)(=O)Oc3ccccc3C(N)=O)cc3ccoc23)CCN1.O=C(O)C(F)(F)F.O=C(O)C(F)(F)F. The molecule has 1 saturated heterocycles. The Morgan fingerprint density at radius 3 is 2.14 bits per heavy atom. The molecule has 1 amide bonds. The Bertz CT molecular complexity index is 1570. The molecule has 1 fully saturated rings. The molecule has 1 aromatic heterocycles. The van der Waals surface area contributed by atoms with Gasteiger partial charge in [-0.15, -0.1) is 0 Å². The van der Waals surface area contributed by atoms with Crippen LogP contribution in [0.2, 0.25) is 0 Å². The highest BCUT2D eigenvalue weighted by atomic mass is 32.2. The number of rotatable bonds is 6. The number of nitrogens with one attached hydrogen (secondary N) is 1. The maximum absolute atomic E-state index is 13.0. The number of nitrogens with zero attached hydrogens (tertiary/aromatic N) is 1. The minimum Gasteiger partial charge on any atom is -0.475 e. The zero-order valence-corrected chi connectivity index (χ0v) is 23.3.